The maximum Gasteiger partial charge on any atom is 0.256 e. The van der Waals surface area contributed by atoms with Crippen molar-refractivity contribution in [1.29, 1.82) is 0 Å². The fourth-order valence-corrected chi connectivity index (χ4v) is 3.19. The molecule has 3 nitrogen and oxygen atoms in total. The fraction of sp³-hybridized carbons (Fsp3) is 0.353. The minimum absolute atomic E-state index is 0.141. The molecule has 0 bridgehead atoms. The predicted molar refractivity (Wildman–Crippen MR) is 87.8 cm³/mol. The molecule has 1 aliphatic carbocycles. The van der Waals surface area contributed by atoms with E-state index in [9.17, 15) is 4.79 Å². The number of thiophene rings is 1. The molecule has 1 N–H and O–H groups in total. The number of hydrogen-bond donors (Lipinski definition) is 1. The van der Waals surface area contributed by atoms with E-state index < -0.39 is 0 Å². The predicted octanol–water partition coefficient (Wildman–Crippen LogP) is 3.98. The van der Waals surface area contributed by atoms with Gasteiger partial charge in [0.05, 0.1) is 12.1 Å². The van der Waals surface area contributed by atoms with E-state index in [1.54, 1.807) is 11.3 Å². The molecule has 1 aliphatic rings. The van der Waals surface area contributed by atoms with Crippen molar-refractivity contribution in [2.45, 2.75) is 32.4 Å². The van der Waals surface area contributed by atoms with Crippen LogP contribution in [-0.2, 0) is 6.54 Å². The molecule has 2 aromatic rings. The molecule has 110 valence electrons. The Bertz CT molecular complexity index is 605. The van der Waals surface area contributed by atoms with Crippen LogP contribution in [0.15, 0.2) is 41.8 Å². The number of benzene rings is 1. The van der Waals surface area contributed by atoms with Crippen molar-refractivity contribution in [3.8, 4) is 0 Å². The molecule has 1 aromatic heterocycles. The molecule has 3 rings (SSSR count). The van der Waals surface area contributed by atoms with Crippen LogP contribution in [0.3, 0.4) is 0 Å². The number of nitrogens with zero attached hydrogens (tertiary/aromatic N) is 1. The topological polar surface area (TPSA) is 32.3 Å². The van der Waals surface area contributed by atoms with Crippen LogP contribution >= 0.6 is 11.3 Å². The van der Waals surface area contributed by atoms with E-state index in [2.05, 4.69) is 16.8 Å². The van der Waals surface area contributed by atoms with Gasteiger partial charge in [0.15, 0.2) is 0 Å². The van der Waals surface area contributed by atoms with Gasteiger partial charge in [0.1, 0.15) is 0 Å². The van der Waals surface area contributed by atoms with Gasteiger partial charge in [-0.05, 0) is 43.3 Å². The van der Waals surface area contributed by atoms with Crippen molar-refractivity contribution < 1.29 is 4.79 Å². The zero-order valence-corrected chi connectivity index (χ0v) is 13.0. The van der Waals surface area contributed by atoms with Crippen LogP contribution in [0.4, 0.5) is 5.69 Å². The lowest BCUT2D eigenvalue weighted by atomic mass is 10.1. The highest BCUT2D eigenvalue weighted by Crippen LogP contribution is 2.31. The summed E-state index contributed by atoms with van der Waals surface area (Å²) < 4.78 is 0. The number of hydrogen-bond acceptors (Lipinski definition) is 3. The largest absolute Gasteiger partial charge is 0.385 e. The van der Waals surface area contributed by atoms with Crippen LogP contribution in [0, 0.1) is 0 Å². The summed E-state index contributed by atoms with van der Waals surface area (Å²) in [6, 6.07) is 12.4. The molecular formula is C17H20N2OS. The number of nitrogens with one attached hydrogen (secondary N) is 1. The van der Waals surface area contributed by atoms with Gasteiger partial charge in [-0.1, -0.05) is 18.2 Å². The van der Waals surface area contributed by atoms with E-state index in [1.165, 1.54) is 4.88 Å². The van der Waals surface area contributed by atoms with E-state index in [4.69, 9.17) is 0 Å². The molecule has 1 fully saturated rings. The summed E-state index contributed by atoms with van der Waals surface area (Å²) in [5, 5.41) is 5.35. The molecule has 0 spiro atoms. The van der Waals surface area contributed by atoms with Crippen LogP contribution in [-0.4, -0.2) is 23.4 Å². The molecule has 1 amide bonds. The van der Waals surface area contributed by atoms with Gasteiger partial charge >= 0.3 is 0 Å². The molecule has 0 unspecified atom stereocenters. The van der Waals surface area contributed by atoms with E-state index >= 15 is 0 Å². The van der Waals surface area contributed by atoms with Crippen LogP contribution < -0.4 is 5.32 Å². The molecule has 0 atom stereocenters. The molecule has 21 heavy (non-hydrogen) atoms. The normalized spacial score (nSPS) is 14.0. The van der Waals surface area contributed by atoms with Gasteiger partial charge in [-0.15, -0.1) is 11.3 Å². The van der Waals surface area contributed by atoms with Gasteiger partial charge in [0.2, 0.25) is 0 Å². The van der Waals surface area contributed by atoms with E-state index in [1.807, 2.05) is 42.2 Å². The Morgan fingerprint density at radius 2 is 2.10 bits per heavy atom. The minimum atomic E-state index is 0.141. The molecule has 1 heterocycles. The van der Waals surface area contributed by atoms with E-state index in [0.717, 1.165) is 37.2 Å². The Balaban J connectivity index is 1.84. The smallest absolute Gasteiger partial charge is 0.256 e. The second-order valence-corrected chi connectivity index (χ2v) is 6.35. The second kappa shape index (κ2) is 6.31. The lowest BCUT2D eigenvalue weighted by Gasteiger charge is -2.23. The van der Waals surface area contributed by atoms with Gasteiger partial charge in [0, 0.05) is 23.2 Å². The summed E-state index contributed by atoms with van der Waals surface area (Å²) in [4.78, 5) is 16.2. The highest BCUT2D eigenvalue weighted by atomic mass is 32.1. The number of amides is 1. The van der Waals surface area contributed by atoms with E-state index in [-0.39, 0.29) is 5.91 Å². The summed E-state index contributed by atoms with van der Waals surface area (Å²) in [7, 11) is 0. The van der Waals surface area contributed by atoms with Crippen molar-refractivity contribution in [2.24, 2.45) is 0 Å². The van der Waals surface area contributed by atoms with Crippen LogP contribution in [0.1, 0.15) is 35.0 Å². The quantitative estimate of drug-likeness (QED) is 0.875. The third kappa shape index (κ3) is 3.27. The van der Waals surface area contributed by atoms with Crippen molar-refractivity contribution in [3.05, 3.63) is 52.2 Å². The van der Waals surface area contributed by atoms with Crippen LogP contribution in [0.2, 0.25) is 0 Å². The monoisotopic (exact) mass is 300 g/mol. The number of carbonyl (C=O) groups excluding carboxylic acids is 1. The third-order valence-electron chi connectivity index (χ3n) is 3.68. The van der Waals surface area contributed by atoms with Crippen molar-refractivity contribution in [2.75, 3.05) is 11.9 Å². The zero-order chi connectivity index (χ0) is 14.7. The Morgan fingerprint density at radius 3 is 2.76 bits per heavy atom. The van der Waals surface area contributed by atoms with Crippen LogP contribution in [0.25, 0.3) is 0 Å². The Hall–Kier alpha value is -1.81. The number of carbonyl (C=O) groups is 1. The highest BCUT2D eigenvalue weighted by Gasteiger charge is 2.33. The van der Waals surface area contributed by atoms with Gasteiger partial charge in [-0.3, -0.25) is 4.79 Å². The average molecular weight is 300 g/mol. The summed E-state index contributed by atoms with van der Waals surface area (Å²) in [5.41, 5.74) is 1.71. The van der Waals surface area contributed by atoms with Gasteiger partial charge in [0.25, 0.3) is 5.91 Å². The minimum Gasteiger partial charge on any atom is -0.385 e. The molecule has 0 saturated heterocycles. The molecule has 0 aliphatic heterocycles. The maximum absolute atomic E-state index is 12.9. The first-order valence-corrected chi connectivity index (χ1v) is 8.34. The Morgan fingerprint density at radius 1 is 1.29 bits per heavy atom. The standard InChI is InChI=1S/C17H20N2OS/c1-2-18-16-8-4-3-7-15(16)17(20)19(13-9-10-13)12-14-6-5-11-21-14/h3-8,11,13,18H,2,9-10,12H2,1H3. The lowest BCUT2D eigenvalue weighted by molar-refractivity contribution is 0.0732. The molecular weight excluding hydrogens is 280 g/mol. The first kappa shape index (κ1) is 14.1. The van der Waals surface area contributed by atoms with Gasteiger partial charge < -0.3 is 10.2 Å². The first-order valence-electron chi connectivity index (χ1n) is 7.46. The lowest BCUT2D eigenvalue weighted by Crippen LogP contribution is -2.32. The van der Waals surface area contributed by atoms with Crippen molar-refractivity contribution in [3.63, 3.8) is 0 Å². The highest BCUT2D eigenvalue weighted by molar-refractivity contribution is 7.09. The summed E-state index contributed by atoms with van der Waals surface area (Å²) >= 11 is 1.71. The van der Waals surface area contributed by atoms with Crippen LogP contribution in [0.5, 0.6) is 0 Å². The SMILES string of the molecule is CCNc1ccccc1C(=O)N(Cc1cccs1)C1CC1. The van der Waals surface area contributed by atoms with Crippen molar-refractivity contribution >= 4 is 22.9 Å². The fourth-order valence-electron chi connectivity index (χ4n) is 2.49. The average Bonchev–Trinajstić information content (AvgIpc) is 3.21. The molecule has 1 aromatic carbocycles. The summed E-state index contributed by atoms with van der Waals surface area (Å²) in [5.74, 6) is 0.141. The molecule has 4 heteroatoms. The Kier molecular flexibility index (Phi) is 4.25. The molecule has 0 radical (unpaired) electrons. The number of rotatable bonds is 6. The number of para-hydroxylation sites is 1. The second-order valence-electron chi connectivity index (χ2n) is 5.32. The third-order valence-corrected chi connectivity index (χ3v) is 4.54. The van der Waals surface area contributed by atoms with Crippen molar-refractivity contribution in [1.82, 2.24) is 4.90 Å². The first-order chi connectivity index (χ1) is 10.3. The summed E-state index contributed by atoms with van der Waals surface area (Å²) in [6.07, 6.45) is 2.25. The van der Waals surface area contributed by atoms with Gasteiger partial charge in [-0.25, -0.2) is 0 Å². The van der Waals surface area contributed by atoms with E-state index in [0.29, 0.717) is 6.04 Å². The van der Waals surface area contributed by atoms with Gasteiger partial charge in [-0.2, -0.15) is 0 Å². The summed E-state index contributed by atoms with van der Waals surface area (Å²) in [6.45, 7) is 3.59. The Labute approximate surface area is 129 Å². The number of anilines is 1. The molecule has 1 saturated carbocycles. The zero-order valence-electron chi connectivity index (χ0n) is 12.2. The maximum atomic E-state index is 12.9.